The van der Waals surface area contributed by atoms with Crippen molar-refractivity contribution in [1.82, 2.24) is 0 Å². The number of esters is 2. The molecule has 12 heteroatoms. The highest BCUT2D eigenvalue weighted by molar-refractivity contribution is 5.91. The summed E-state index contributed by atoms with van der Waals surface area (Å²) in [6.45, 7) is -0.315. The standard InChI is InChI=1S/C75H78O12/c1-44(40-77)55-27-20-45-18-21-47(22-19-45)56-28-25-50(49-12-8-14-54(37-49)74-33-7-6-13-53(74)26-23-48-11-3-5-17-63(48)74)36-52(56)38-66(80)84-70-68-65(31-30-60-62(41-78)67(73(82)85-69(60)68)51(32-35-76)42-83-43-79)87-75(71(70)86-72(55)81)34-9-16-59-58-29-24-46-10-2-4-15-57(46)61(58)39-64(59)75/h2-5,8,10-12,14-15,17-19,21-26,28-31,37,50-53,56,58-59,61,64,70-71,76-79H,6-7,9,13,16,20,27,32-36,38-43H2,1H3. The van der Waals surface area contributed by atoms with Crippen molar-refractivity contribution in [3.8, 4) is 5.75 Å². The van der Waals surface area contributed by atoms with E-state index in [4.69, 9.17) is 23.4 Å². The number of hydrogen-bond donors (Lipinski definition) is 4. The van der Waals surface area contributed by atoms with E-state index < -0.39 is 54.7 Å². The molecule has 6 aromatic rings. The lowest BCUT2D eigenvalue weighted by atomic mass is 9.56. The molecule has 1 spiro atoms. The summed E-state index contributed by atoms with van der Waals surface area (Å²) in [6.07, 6.45) is 20.1. The molecule has 15 rings (SSSR count). The SMILES string of the molecule is CC(CO)=C1CCc2ccc(cc2)C2C=CC(c3cccc(C45CCCCC4C=Cc4ccccc45)c3)CC2CC(=O)OC2c3c(ccc4c(CO)c(C(CCO)COCO)c(=O)oc34)OC3(CCCC4C5C=Cc6ccccc6C5CC43)C2OC1=O. The molecule has 3 aliphatic heterocycles. The Balaban J connectivity index is 0.915. The second kappa shape index (κ2) is 23.7. The lowest BCUT2D eigenvalue weighted by Gasteiger charge is -2.53. The summed E-state index contributed by atoms with van der Waals surface area (Å²) in [4.78, 5) is 46.3. The molecule has 3 saturated carbocycles. The summed E-state index contributed by atoms with van der Waals surface area (Å²) >= 11 is 0. The topological polar surface area (TPSA) is 182 Å². The van der Waals surface area contributed by atoms with Gasteiger partial charge in [0.25, 0.3) is 0 Å². The van der Waals surface area contributed by atoms with Crippen molar-refractivity contribution in [1.29, 1.82) is 0 Å². The quantitative estimate of drug-likeness (QED) is 0.0335. The van der Waals surface area contributed by atoms with Crippen LogP contribution in [0.2, 0.25) is 0 Å². The van der Waals surface area contributed by atoms with Gasteiger partial charge in [0.15, 0.2) is 17.8 Å². The van der Waals surface area contributed by atoms with Crippen LogP contribution in [0.4, 0.5) is 0 Å². The fourth-order valence-electron chi connectivity index (χ4n) is 17.9. The molecule has 0 amide bonds. The number of hydrogen-bond acceptors (Lipinski definition) is 12. The predicted octanol–water partition coefficient (Wildman–Crippen LogP) is 12.9. The fourth-order valence-corrected chi connectivity index (χ4v) is 17.9. The first-order valence-corrected chi connectivity index (χ1v) is 31.9. The maximum Gasteiger partial charge on any atom is 0.340 e. The van der Waals surface area contributed by atoms with E-state index in [0.717, 1.165) is 43.2 Å². The molecule has 13 atom stereocenters. The first kappa shape index (κ1) is 57.5. The van der Waals surface area contributed by atoms with E-state index in [9.17, 15) is 25.2 Å². The van der Waals surface area contributed by atoms with Gasteiger partial charge in [-0.15, -0.1) is 0 Å². The number of rotatable bonds is 10. The van der Waals surface area contributed by atoms with Gasteiger partial charge in [0, 0.05) is 58.6 Å². The van der Waals surface area contributed by atoms with Crippen molar-refractivity contribution < 1.29 is 53.4 Å². The van der Waals surface area contributed by atoms with Gasteiger partial charge in [-0.1, -0.05) is 146 Å². The third kappa shape index (κ3) is 9.89. The van der Waals surface area contributed by atoms with E-state index in [0.29, 0.717) is 53.9 Å². The molecule has 9 aliphatic rings. The Hall–Kier alpha value is -7.19. The van der Waals surface area contributed by atoms with Crippen LogP contribution >= 0.6 is 0 Å². The highest BCUT2D eigenvalue weighted by Crippen LogP contribution is 2.64. The Morgan fingerprint density at radius 1 is 0.770 bits per heavy atom. The number of aliphatic hydroxyl groups excluding tert-OH is 4. The van der Waals surface area contributed by atoms with Gasteiger partial charge in [-0.25, -0.2) is 9.59 Å². The molecule has 2 bridgehead atoms. The zero-order valence-corrected chi connectivity index (χ0v) is 49.5. The number of aliphatic hydroxyl groups is 4. The minimum Gasteiger partial charge on any atom is -0.482 e. The Kier molecular flexibility index (Phi) is 15.7. The third-order valence-electron chi connectivity index (χ3n) is 21.9. The number of ether oxygens (including phenoxy) is 4. The minimum absolute atomic E-state index is 0.00150. The van der Waals surface area contributed by atoms with Crippen molar-refractivity contribution in [2.24, 2.45) is 29.6 Å². The molecule has 12 nitrogen and oxygen atoms in total. The molecule has 0 saturated heterocycles. The van der Waals surface area contributed by atoms with Gasteiger partial charge in [0.2, 0.25) is 0 Å². The summed E-state index contributed by atoms with van der Waals surface area (Å²) in [5, 5.41) is 42.4. The average Bonchev–Trinajstić information content (AvgIpc) is 1.75. The lowest BCUT2D eigenvalue weighted by molar-refractivity contribution is -0.212. The van der Waals surface area contributed by atoms with Crippen LogP contribution in [0.5, 0.6) is 5.75 Å². The molecule has 1 aromatic heterocycles. The molecule has 3 fully saturated rings. The fraction of sp³-hybridized carbons (Fsp3) is 0.427. The van der Waals surface area contributed by atoms with Crippen LogP contribution in [-0.4, -0.2) is 70.7 Å². The van der Waals surface area contributed by atoms with Crippen molar-refractivity contribution in [3.63, 3.8) is 0 Å². The summed E-state index contributed by atoms with van der Waals surface area (Å²) in [7, 11) is 0. The summed E-state index contributed by atoms with van der Waals surface area (Å²) in [5.74, 6) is -1.44. The van der Waals surface area contributed by atoms with Crippen molar-refractivity contribution in [2.45, 2.75) is 144 Å². The number of aryl methyl sites for hydroxylation is 1. The maximum atomic E-state index is 15.9. The van der Waals surface area contributed by atoms with Gasteiger partial charge in [0.05, 0.1) is 25.4 Å². The number of fused-ring (bicyclic) bond motifs is 20. The van der Waals surface area contributed by atoms with E-state index in [1.54, 1.807) is 19.1 Å². The Bertz CT molecular complexity index is 3810. The van der Waals surface area contributed by atoms with Crippen molar-refractivity contribution >= 4 is 35.1 Å². The van der Waals surface area contributed by atoms with Crippen LogP contribution in [0.1, 0.15) is 175 Å². The predicted molar refractivity (Wildman–Crippen MR) is 332 cm³/mol. The average molecular weight is 1170 g/mol. The number of benzene rings is 5. The monoisotopic (exact) mass is 1170 g/mol. The second-order valence-corrected chi connectivity index (χ2v) is 26.1. The van der Waals surface area contributed by atoms with Crippen LogP contribution in [0, 0.1) is 29.6 Å². The summed E-state index contributed by atoms with van der Waals surface area (Å²) in [6, 6.07) is 38.6. The Morgan fingerprint density at radius 2 is 1.60 bits per heavy atom. The van der Waals surface area contributed by atoms with Gasteiger partial charge < -0.3 is 43.8 Å². The van der Waals surface area contributed by atoms with E-state index in [2.05, 4.69) is 134 Å². The van der Waals surface area contributed by atoms with Crippen molar-refractivity contribution in [3.05, 3.63) is 216 Å². The van der Waals surface area contributed by atoms with E-state index in [-0.39, 0.29) is 108 Å². The molecule has 87 heavy (non-hydrogen) atoms. The first-order chi connectivity index (χ1) is 42.5. The van der Waals surface area contributed by atoms with E-state index >= 15 is 9.59 Å². The van der Waals surface area contributed by atoms with Crippen LogP contribution < -0.4 is 10.4 Å². The molecular formula is C75H78O12. The first-order valence-electron chi connectivity index (χ1n) is 31.9. The van der Waals surface area contributed by atoms with Crippen LogP contribution in [0.3, 0.4) is 0 Å². The van der Waals surface area contributed by atoms with Crippen LogP contribution in [0.25, 0.3) is 23.1 Å². The zero-order chi connectivity index (χ0) is 59.6. The zero-order valence-electron chi connectivity index (χ0n) is 49.5. The van der Waals surface area contributed by atoms with Gasteiger partial charge in [0.1, 0.15) is 18.1 Å². The molecule has 0 radical (unpaired) electrons. The van der Waals surface area contributed by atoms with Gasteiger partial charge in [-0.05, 0) is 168 Å². The van der Waals surface area contributed by atoms with Crippen molar-refractivity contribution in [2.75, 3.05) is 26.6 Å². The molecular weight excluding hydrogens is 1090 g/mol. The largest absolute Gasteiger partial charge is 0.482 e. The summed E-state index contributed by atoms with van der Waals surface area (Å²) in [5.41, 5.74) is 8.82. The lowest BCUT2D eigenvalue weighted by Crippen LogP contribution is -2.62. The highest BCUT2D eigenvalue weighted by Gasteiger charge is 2.65. The third-order valence-corrected chi connectivity index (χ3v) is 21.9. The highest BCUT2D eigenvalue weighted by atomic mass is 16.6. The molecule has 5 aromatic carbocycles. The molecule has 13 unspecified atom stereocenters. The van der Waals surface area contributed by atoms with Gasteiger partial charge in [-0.2, -0.15) is 0 Å². The van der Waals surface area contributed by atoms with Crippen LogP contribution in [0.15, 0.2) is 154 Å². The second-order valence-electron chi connectivity index (χ2n) is 26.1. The maximum absolute atomic E-state index is 15.9. The molecule has 4 N–H and O–H groups in total. The van der Waals surface area contributed by atoms with Gasteiger partial charge in [-0.3, -0.25) is 4.79 Å². The number of carbonyl (C=O) groups is 2. The Labute approximate surface area is 508 Å². The molecule has 450 valence electrons. The normalized spacial score (nSPS) is 30.5. The van der Waals surface area contributed by atoms with E-state index in [1.807, 2.05) is 0 Å². The number of allylic oxidation sites excluding steroid dienone is 4. The molecule has 4 heterocycles. The van der Waals surface area contributed by atoms with Crippen LogP contribution in [-0.2, 0) is 42.2 Å². The molecule has 6 aliphatic carbocycles. The smallest absolute Gasteiger partial charge is 0.340 e. The minimum atomic E-state index is -1.38. The number of carbonyl (C=O) groups excluding carboxylic acids is 2. The summed E-state index contributed by atoms with van der Waals surface area (Å²) < 4.78 is 33.8. The Morgan fingerprint density at radius 3 is 2.43 bits per heavy atom. The van der Waals surface area contributed by atoms with E-state index in [1.165, 1.54) is 39.8 Å². The van der Waals surface area contributed by atoms with Gasteiger partial charge >= 0.3 is 17.6 Å².